The molecule has 2 rings (SSSR count). The van der Waals surface area contributed by atoms with E-state index in [9.17, 15) is 4.79 Å². The predicted molar refractivity (Wildman–Crippen MR) is 70.5 cm³/mol. The van der Waals surface area contributed by atoms with E-state index in [1.807, 2.05) is 17.0 Å². The molecule has 0 spiro atoms. The Morgan fingerprint density at radius 2 is 2.33 bits per heavy atom. The highest BCUT2D eigenvalue weighted by atomic mass is 16.2. The van der Waals surface area contributed by atoms with Crippen molar-refractivity contribution in [3.05, 3.63) is 23.9 Å². The molecule has 0 bridgehead atoms. The lowest BCUT2D eigenvalue weighted by Crippen LogP contribution is -2.29. The van der Waals surface area contributed by atoms with Gasteiger partial charge in [-0.25, -0.2) is 10.8 Å². The number of nitrogens with zero attached hydrogens (tertiary/aromatic N) is 2. The Hall–Kier alpha value is -1.62. The number of aromatic nitrogens is 1. The zero-order chi connectivity index (χ0) is 13.0. The second kappa shape index (κ2) is 5.82. The van der Waals surface area contributed by atoms with Gasteiger partial charge in [0.2, 0.25) is 5.91 Å². The van der Waals surface area contributed by atoms with Gasteiger partial charge in [0.1, 0.15) is 5.82 Å². The van der Waals surface area contributed by atoms with Crippen LogP contribution in [0, 0.1) is 5.92 Å². The van der Waals surface area contributed by atoms with Gasteiger partial charge in [-0.05, 0) is 30.4 Å². The molecule has 5 heteroatoms. The second-order valence-corrected chi connectivity index (χ2v) is 4.94. The van der Waals surface area contributed by atoms with Gasteiger partial charge < -0.3 is 10.3 Å². The second-order valence-electron chi connectivity index (χ2n) is 4.94. The van der Waals surface area contributed by atoms with E-state index >= 15 is 0 Å². The number of pyridine rings is 1. The Morgan fingerprint density at radius 1 is 1.50 bits per heavy atom. The number of amides is 1. The number of anilines is 1. The van der Waals surface area contributed by atoms with Gasteiger partial charge in [0.05, 0.1) is 0 Å². The Kier molecular flexibility index (Phi) is 4.15. The minimum Gasteiger partial charge on any atom is -0.338 e. The highest BCUT2D eigenvalue weighted by Crippen LogP contribution is 2.19. The van der Waals surface area contributed by atoms with E-state index in [1.54, 1.807) is 6.20 Å². The first-order valence-electron chi connectivity index (χ1n) is 6.38. The van der Waals surface area contributed by atoms with Crippen LogP contribution >= 0.6 is 0 Å². The average molecular weight is 248 g/mol. The van der Waals surface area contributed by atoms with Crippen LogP contribution < -0.4 is 11.3 Å². The van der Waals surface area contributed by atoms with Crippen LogP contribution in [0.1, 0.15) is 31.7 Å². The number of nitrogen functional groups attached to an aromatic ring is 1. The summed E-state index contributed by atoms with van der Waals surface area (Å²) in [6.45, 7) is 3.69. The fourth-order valence-corrected chi connectivity index (χ4v) is 2.16. The first-order chi connectivity index (χ1) is 8.69. The number of carbonyl (C=O) groups is 1. The molecule has 1 aliphatic heterocycles. The molecule has 0 aliphatic carbocycles. The molecule has 18 heavy (non-hydrogen) atoms. The van der Waals surface area contributed by atoms with Gasteiger partial charge >= 0.3 is 0 Å². The summed E-state index contributed by atoms with van der Waals surface area (Å²) >= 11 is 0. The zero-order valence-corrected chi connectivity index (χ0v) is 10.7. The molecule has 0 radical (unpaired) electrons. The number of likely N-dealkylation sites (tertiary alicyclic amines) is 1. The quantitative estimate of drug-likeness (QED) is 0.628. The monoisotopic (exact) mass is 248 g/mol. The third-order valence-corrected chi connectivity index (χ3v) is 3.44. The zero-order valence-electron chi connectivity index (χ0n) is 10.7. The maximum absolute atomic E-state index is 12.0. The smallest absolute Gasteiger partial charge is 0.222 e. The van der Waals surface area contributed by atoms with Crippen LogP contribution in [0.15, 0.2) is 18.3 Å². The van der Waals surface area contributed by atoms with Crippen molar-refractivity contribution in [2.24, 2.45) is 11.8 Å². The number of nitrogens with two attached hydrogens (primary N) is 1. The molecule has 1 saturated heterocycles. The highest BCUT2D eigenvalue weighted by Gasteiger charge is 2.20. The number of rotatable bonds is 3. The average Bonchev–Trinajstić information content (AvgIpc) is 2.55. The van der Waals surface area contributed by atoms with Gasteiger partial charge in [0.25, 0.3) is 0 Å². The maximum atomic E-state index is 12.0. The lowest BCUT2D eigenvalue weighted by molar-refractivity contribution is -0.131. The largest absolute Gasteiger partial charge is 0.338 e. The topological polar surface area (TPSA) is 71.2 Å². The van der Waals surface area contributed by atoms with E-state index in [4.69, 9.17) is 5.84 Å². The predicted octanol–water partition coefficient (Wildman–Crippen LogP) is 1.52. The molecule has 1 unspecified atom stereocenters. The molecule has 5 nitrogen and oxygen atoms in total. The molecule has 1 fully saturated rings. The summed E-state index contributed by atoms with van der Waals surface area (Å²) in [6.07, 6.45) is 4.51. The number of carbonyl (C=O) groups excluding carboxylic acids is 1. The highest BCUT2D eigenvalue weighted by molar-refractivity contribution is 5.76. The van der Waals surface area contributed by atoms with Crippen LogP contribution in [0.5, 0.6) is 0 Å². The van der Waals surface area contributed by atoms with Crippen molar-refractivity contribution in [3.8, 4) is 0 Å². The van der Waals surface area contributed by atoms with Crippen LogP contribution in [0.4, 0.5) is 5.82 Å². The van der Waals surface area contributed by atoms with Crippen LogP contribution in [0.2, 0.25) is 0 Å². The molecular weight excluding hydrogens is 228 g/mol. The SMILES string of the molecule is CC1CCC(=O)N(Cc2ccc(NN)nc2)CC1. The summed E-state index contributed by atoms with van der Waals surface area (Å²) < 4.78 is 0. The summed E-state index contributed by atoms with van der Waals surface area (Å²) in [4.78, 5) is 18.0. The van der Waals surface area contributed by atoms with E-state index in [2.05, 4.69) is 17.3 Å². The summed E-state index contributed by atoms with van der Waals surface area (Å²) in [5.74, 6) is 6.79. The number of hydrazine groups is 1. The molecule has 1 aromatic heterocycles. The molecule has 0 aromatic carbocycles. The van der Waals surface area contributed by atoms with Crippen molar-refractivity contribution in [2.45, 2.75) is 32.7 Å². The minimum atomic E-state index is 0.250. The van der Waals surface area contributed by atoms with Gasteiger partial charge in [-0.2, -0.15) is 0 Å². The van der Waals surface area contributed by atoms with Gasteiger partial charge in [0.15, 0.2) is 0 Å². The van der Waals surface area contributed by atoms with Crippen molar-refractivity contribution < 1.29 is 4.79 Å². The number of hydrogen-bond donors (Lipinski definition) is 2. The Morgan fingerprint density at radius 3 is 3.00 bits per heavy atom. The molecule has 1 atom stereocenters. The Balaban J connectivity index is 2.00. The number of hydrogen-bond acceptors (Lipinski definition) is 4. The van der Waals surface area contributed by atoms with Gasteiger partial charge in [-0.15, -0.1) is 0 Å². The molecule has 98 valence electrons. The normalized spacial score (nSPS) is 20.7. The fourth-order valence-electron chi connectivity index (χ4n) is 2.16. The fraction of sp³-hybridized carbons (Fsp3) is 0.538. The van der Waals surface area contributed by atoms with Crippen molar-refractivity contribution in [1.29, 1.82) is 0 Å². The van der Waals surface area contributed by atoms with E-state index in [0.717, 1.165) is 24.9 Å². The van der Waals surface area contributed by atoms with Crippen LogP contribution in [-0.4, -0.2) is 22.3 Å². The summed E-state index contributed by atoms with van der Waals surface area (Å²) in [7, 11) is 0. The minimum absolute atomic E-state index is 0.250. The molecule has 2 heterocycles. The molecule has 1 amide bonds. The first-order valence-corrected chi connectivity index (χ1v) is 6.38. The maximum Gasteiger partial charge on any atom is 0.222 e. The van der Waals surface area contributed by atoms with Crippen LogP contribution in [0.25, 0.3) is 0 Å². The number of nitrogens with one attached hydrogen (secondary N) is 1. The summed E-state index contributed by atoms with van der Waals surface area (Å²) in [5.41, 5.74) is 3.53. The lowest BCUT2D eigenvalue weighted by Gasteiger charge is -2.20. The van der Waals surface area contributed by atoms with Gasteiger partial charge in [-0.1, -0.05) is 13.0 Å². The van der Waals surface area contributed by atoms with E-state index < -0.39 is 0 Å². The molecule has 1 aliphatic rings. The lowest BCUT2D eigenvalue weighted by atomic mass is 10.0. The van der Waals surface area contributed by atoms with Crippen molar-refractivity contribution in [2.75, 3.05) is 12.0 Å². The van der Waals surface area contributed by atoms with Crippen molar-refractivity contribution in [3.63, 3.8) is 0 Å². The Bertz CT molecular complexity index is 404. The standard InChI is InChI=1S/C13H20N4O/c1-10-2-5-13(18)17(7-6-10)9-11-3-4-12(16-14)15-8-11/h3-4,8,10H,2,5-7,9,14H2,1H3,(H,15,16). The summed E-state index contributed by atoms with van der Waals surface area (Å²) in [6, 6.07) is 3.77. The van der Waals surface area contributed by atoms with E-state index in [1.165, 1.54) is 0 Å². The summed E-state index contributed by atoms with van der Waals surface area (Å²) in [5, 5.41) is 0. The molecule has 0 saturated carbocycles. The molecule has 3 N–H and O–H groups in total. The first kappa shape index (κ1) is 12.8. The van der Waals surface area contributed by atoms with Gasteiger partial charge in [-0.3, -0.25) is 4.79 Å². The van der Waals surface area contributed by atoms with Gasteiger partial charge in [0, 0.05) is 25.7 Å². The Labute approximate surface area is 107 Å². The van der Waals surface area contributed by atoms with Crippen LogP contribution in [-0.2, 0) is 11.3 Å². The third-order valence-electron chi connectivity index (χ3n) is 3.44. The van der Waals surface area contributed by atoms with Crippen molar-refractivity contribution in [1.82, 2.24) is 9.88 Å². The van der Waals surface area contributed by atoms with Crippen molar-refractivity contribution >= 4 is 11.7 Å². The molecular formula is C13H20N4O. The van der Waals surface area contributed by atoms with Crippen LogP contribution in [0.3, 0.4) is 0 Å². The molecule has 1 aromatic rings. The third kappa shape index (κ3) is 3.20. The van der Waals surface area contributed by atoms with E-state index in [-0.39, 0.29) is 5.91 Å². The van der Waals surface area contributed by atoms with E-state index in [0.29, 0.717) is 24.7 Å².